The van der Waals surface area contributed by atoms with Crippen molar-refractivity contribution in [1.82, 2.24) is 0 Å². The van der Waals surface area contributed by atoms with Crippen LogP contribution in [0.15, 0.2) is 51.9 Å². The highest BCUT2D eigenvalue weighted by atomic mass is 32.2. The molecule has 0 fully saturated rings. The van der Waals surface area contributed by atoms with Gasteiger partial charge in [-0.3, -0.25) is 4.79 Å². The number of ether oxygens (including phenoxy) is 2. The molecular weight excluding hydrogens is 322 g/mol. The first-order valence-corrected chi connectivity index (χ1v) is 8.49. The molecule has 5 heteroatoms. The number of methoxy groups -OCH3 is 2. The number of Topliss-reactive ketones (excluding diaryl/α,β-unsaturated/α-hetero) is 1. The van der Waals surface area contributed by atoms with Gasteiger partial charge in [0.25, 0.3) is 0 Å². The molecule has 4 nitrogen and oxygen atoms in total. The van der Waals surface area contributed by atoms with Gasteiger partial charge in [-0.05, 0) is 29.8 Å². The number of hydrogen-bond acceptors (Lipinski definition) is 5. The Hall–Kier alpha value is -2.40. The SMILES string of the molecule is COc1cc2c(cc1OC)C(=O)/C(=C1\Sc3ccccc3N1C)C2. The molecule has 122 valence electrons. The molecule has 0 amide bonds. The zero-order valence-corrected chi connectivity index (χ0v) is 14.6. The van der Waals surface area contributed by atoms with Crippen LogP contribution in [-0.4, -0.2) is 27.1 Å². The van der Waals surface area contributed by atoms with Crippen molar-refractivity contribution >= 4 is 23.2 Å². The summed E-state index contributed by atoms with van der Waals surface area (Å²) >= 11 is 1.66. The van der Waals surface area contributed by atoms with E-state index in [0.717, 1.165) is 21.9 Å². The van der Waals surface area contributed by atoms with Crippen molar-refractivity contribution in [3.05, 3.63) is 58.1 Å². The average Bonchev–Trinajstić information content (AvgIpc) is 3.11. The van der Waals surface area contributed by atoms with Crippen LogP contribution < -0.4 is 14.4 Å². The van der Waals surface area contributed by atoms with E-state index in [4.69, 9.17) is 9.47 Å². The Balaban J connectivity index is 1.79. The molecule has 1 heterocycles. The second kappa shape index (κ2) is 5.60. The first-order valence-electron chi connectivity index (χ1n) is 7.67. The van der Waals surface area contributed by atoms with Crippen LogP contribution in [0.3, 0.4) is 0 Å². The Morgan fingerprint density at radius 2 is 1.79 bits per heavy atom. The molecule has 2 aliphatic rings. The van der Waals surface area contributed by atoms with E-state index >= 15 is 0 Å². The van der Waals surface area contributed by atoms with Crippen LogP contribution in [0.4, 0.5) is 5.69 Å². The van der Waals surface area contributed by atoms with E-state index in [9.17, 15) is 4.79 Å². The van der Waals surface area contributed by atoms with Crippen LogP contribution in [-0.2, 0) is 6.42 Å². The fraction of sp³-hybridized carbons (Fsp3) is 0.211. The smallest absolute Gasteiger partial charge is 0.192 e. The molecule has 0 spiro atoms. The largest absolute Gasteiger partial charge is 0.493 e. The Labute approximate surface area is 145 Å². The molecule has 1 aliphatic carbocycles. The third-order valence-corrected chi connectivity index (χ3v) is 5.77. The molecule has 0 saturated heterocycles. The number of hydrogen-bond donors (Lipinski definition) is 0. The third kappa shape index (κ3) is 2.12. The standard InChI is InChI=1S/C19H17NO3S/c1-20-14-6-4-5-7-17(14)24-19(20)13-8-11-9-15(22-2)16(23-3)10-12(11)18(13)21/h4-7,9-10H,8H2,1-3H3/b19-13-. The summed E-state index contributed by atoms with van der Waals surface area (Å²) in [6.07, 6.45) is 0.620. The lowest BCUT2D eigenvalue weighted by Crippen LogP contribution is -2.14. The fourth-order valence-corrected chi connectivity index (χ4v) is 4.44. The van der Waals surface area contributed by atoms with Crippen LogP contribution in [0, 0.1) is 0 Å². The predicted octanol–water partition coefficient (Wildman–Crippen LogP) is 3.90. The Kier molecular flexibility index (Phi) is 3.53. The van der Waals surface area contributed by atoms with Crippen molar-refractivity contribution in [2.45, 2.75) is 11.3 Å². The van der Waals surface area contributed by atoms with Crippen molar-refractivity contribution in [2.24, 2.45) is 0 Å². The van der Waals surface area contributed by atoms with Crippen molar-refractivity contribution in [2.75, 3.05) is 26.2 Å². The number of anilines is 1. The van der Waals surface area contributed by atoms with Crippen molar-refractivity contribution < 1.29 is 14.3 Å². The number of fused-ring (bicyclic) bond motifs is 2. The summed E-state index contributed by atoms with van der Waals surface area (Å²) in [5, 5.41) is 1.01. The molecule has 2 aromatic rings. The van der Waals surface area contributed by atoms with Gasteiger partial charge < -0.3 is 14.4 Å². The normalized spacial score (nSPS) is 18.6. The maximum absolute atomic E-state index is 13.0. The number of benzene rings is 2. The second-order valence-corrected chi connectivity index (χ2v) is 6.81. The van der Waals surface area contributed by atoms with E-state index in [0.29, 0.717) is 23.5 Å². The number of carbonyl (C=O) groups is 1. The van der Waals surface area contributed by atoms with Gasteiger partial charge in [0.2, 0.25) is 0 Å². The molecule has 0 bridgehead atoms. The van der Waals surface area contributed by atoms with E-state index in [1.807, 2.05) is 25.2 Å². The molecule has 24 heavy (non-hydrogen) atoms. The lowest BCUT2D eigenvalue weighted by atomic mass is 10.1. The van der Waals surface area contributed by atoms with E-state index in [1.165, 1.54) is 4.90 Å². The highest BCUT2D eigenvalue weighted by molar-refractivity contribution is 8.03. The quantitative estimate of drug-likeness (QED) is 0.776. The van der Waals surface area contributed by atoms with Gasteiger partial charge in [0.05, 0.1) is 24.9 Å². The minimum absolute atomic E-state index is 0.0770. The van der Waals surface area contributed by atoms with Crippen molar-refractivity contribution in [3.63, 3.8) is 0 Å². The molecule has 1 aliphatic heterocycles. The second-order valence-electron chi connectivity index (χ2n) is 5.78. The van der Waals surface area contributed by atoms with Crippen LogP contribution in [0.1, 0.15) is 15.9 Å². The van der Waals surface area contributed by atoms with Crippen LogP contribution in [0.25, 0.3) is 0 Å². The molecule has 0 N–H and O–H groups in total. The Morgan fingerprint density at radius 1 is 1.08 bits per heavy atom. The zero-order chi connectivity index (χ0) is 16.8. The fourth-order valence-electron chi connectivity index (χ4n) is 3.25. The summed E-state index contributed by atoms with van der Waals surface area (Å²) in [7, 11) is 5.20. The summed E-state index contributed by atoms with van der Waals surface area (Å²) in [5.41, 5.74) is 3.68. The third-order valence-electron chi connectivity index (χ3n) is 4.49. The van der Waals surface area contributed by atoms with Crippen molar-refractivity contribution in [1.29, 1.82) is 0 Å². The number of thioether (sulfide) groups is 1. The lowest BCUT2D eigenvalue weighted by molar-refractivity contribution is 0.103. The Morgan fingerprint density at radius 3 is 2.50 bits per heavy atom. The molecule has 0 atom stereocenters. The first kappa shape index (κ1) is 15.1. The van der Waals surface area contributed by atoms with Gasteiger partial charge in [-0.15, -0.1) is 0 Å². The first-order chi connectivity index (χ1) is 11.6. The van der Waals surface area contributed by atoms with E-state index < -0.39 is 0 Å². The van der Waals surface area contributed by atoms with Gasteiger partial charge in [-0.1, -0.05) is 23.9 Å². The zero-order valence-electron chi connectivity index (χ0n) is 13.8. The number of allylic oxidation sites excluding steroid dienone is 1. The maximum atomic E-state index is 13.0. The van der Waals surface area contributed by atoms with Crippen molar-refractivity contribution in [3.8, 4) is 11.5 Å². The minimum Gasteiger partial charge on any atom is -0.493 e. The van der Waals surface area contributed by atoms with Crippen LogP contribution >= 0.6 is 11.8 Å². The summed E-state index contributed by atoms with van der Waals surface area (Å²) in [6.45, 7) is 0. The summed E-state index contributed by atoms with van der Waals surface area (Å²) in [6, 6.07) is 11.9. The predicted molar refractivity (Wildman–Crippen MR) is 95.3 cm³/mol. The van der Waals surface area contributed by atoms with Crippen LogP contribution in [0.2, 0.25) is 0 Å². The van der Waals surface area contributed by atoms with E-state index in [1.54, 1.807) is 32.0 Å². The molecule has 4 rings (SSSR count). The number of nitrogens with zero attached hydrogens (tertiary/aromatic N) is 1. The van der Waals surface area contributed by atoms with Gasteiger partial charge in [0.1, 0.15) is 0 Å². The highest BCUT2D eigenvalue weighted by Gasteiger charge is 2.34. The van der Waals surface area contributed by atoms with Crippen LogP contribution in [0.5, 0.6) is 11.5 Å². The van der Waals surface area contributed by atoms with E-state index in [2.05, 4.69) is 17.0 Å². The summed E-state index contributed by atoms with van der Waals surface area (Å²) < 4.78 is 10.7. The molecule has 0 unspecified atom stereocenters. The number of para-hydroxylation sites is 1. The molecular formula is C19H17NO3S. The molecule has 2 aromatic carbocycles. The minimum atomic E-state index is 0.0770. The molecule has 0 saturated carbocycles. The maximum Gasteiger partial charge on any atom is 0.192 e. The van der Waals surface area contributed by atoms with Gasteiger partial charge >= 0.3 is 0 Å². The molecule has 0 radical (unpaired) electrons. The Bertz CT molecular complexity index is 888. The monoisotopic (exact) mass is 339 g/mol. The van der Waals surface area contributed by atoms with Gasteiger partial charge in [0.15, 0.2) is 17.3 Å². The molecule has 0 aromatic heterocycles. The number of rotatable bonds is 2. The van der Waals surface area contributed by atoms with Gasteiger partial charge in [-0.2, -0.15) is 0 Å². The highest BCUT2D eigenvalue weighted by Crippen LogP contribution is 2.48. The number of ketones is 1. The number of carbonyl (C=O) groups excluding carboxylic acids is 1. The van der Waals surface area contributed by atoms with Gasteiger partial charge in [0, 0.05) is 29.5 Å². The topological polar surface area (TPSA) is 38.8 Å². The van der Waals surface area contributed by atoms with Gasteiger partial charge in [-0.25, -0.2) is 0 Å². The lowest BCUT2D eigenvalue weighted by Gasteiger charge is -2.15. The average molecular weight is 339 g/mol. The summed E-state index contributed by atoms with van der Waals surface area (Å²) in [5.74, 6) is 1.32. The van der Waals surface area contributed by atoms with E-state index in [-0.39, 0.29) is 5.78 Å². The summed E-state index contributed by atoms with van der Waals surface area (Å²) in [4.78, 5) is 16.2.